The number of cyclic esters (lactones) is 1. The Balaban J connectivity index is 2.00. The number of aliphatic imine (C=N–C) groups is 1. The molecule has 0 bridgehead atoms. The number of nitrogens with zero attached hydrogens (tertiary/aromatic N) is 1. The van der Waals surface area contributed by atoms with E-state index >= 15 is 0 Å². The fourth-order valence-corrected chi connectivity index (χ4v) is 2.50. The van der Waals surface area contributed by atoms with Crippen LogP contribution in [-0.4, -0.2) is 33.2 Å². The average molecular weight is 327 g/mol. The topological polar surface area (TPSA) is 66.3 Å². The molecule has 2 aromatic rings. The van der Waals surface area contributed by atoms with Crippen LogP contribution >= 0.6 is 0 Å². The number of esters is 1. The van der Waals surface area contributed by atoms with Crippen molar-refractivity contribution in [3.8, 4) is 17.2 Å². The molecule has 0 fully saturated rings. The van der Waals surface area contributed by atoms with Crippen molar-refractivity contribution in [2.45, 2.75) is 6.04 Å². The van der Waals surface area contributed by atoms with E-state index in [9.17, 15) is 4.79 Å². The van der Waals surface area contributed by atoms with E-state index in [1.807, 2.05) is 12.1 Å². The van der Waals surface area contributed by atoms with Gasteiger partial charge in [-0.25, -0.2) is 9.79 Å². The fraction of sp³-hybridized carbons (Fsp3) is 0.222. The van der Waals surface area contributed by atoms with Gasteiger partial charge in [-0.1, -0.05) is 18.2 Å². The number of benzene rings is 2. The quantitative estimate of drug-likeness (QED) is 0.790. The summed E-state index contributed by atoms with van der Waals surface area (Å²) in [6, 6.07) is 11.7. The first-order valence-corrected chi connectivity index (χ1v) is 7.32. The van der Waals surface area contributed by atoms with Gasteiger partial charge >= 0.3 is 5.97 Å². The summed E-state index contributed by atoms with van der Waals surface area (Å²) in [5, 5.41) is 0. The van der Waals surface area contributed by atoms with Crippen molar-refractivity contribution in [3.05, 3.63) is 53.6 Å². The zero-order chi connectivity index (χ0) is 17.1. The molecule has 2 aromatic carbocycles. The highest BCUT2D eigenvalue weighted by Gasteiger charge is 2.33. The number of hydrogen-bond donors (Lipinski definition) is 0. The molecular weight excluding hydrogens is 310 g/mol. The van der Waals surface area contributed by atoms with Gasteiger partial charge in [-0.3, -0.25) is 0 Å². The molecule has 1 heterocycles. The fourth-order valence-electron chi connectivity index (χ4n) is 2.50. The molecule has 24 heavy (non-hydrogen) atoms. The Morgan fingerprint density at radius 3 is 2.25 bits per heavy atom. The van der Waals surface area contributed by atoms with Crippen molar-refractivity contribution < 1.29 is 23.7 Å². The van der Waals surface area contributed by atoms with Crippen molar-refractivity contribution in [2.75, 3.05) is 21.3 Å². The molecule has 3 rings (SSSR count). The molecule has 0 aromatic heterocycles. The maximum atomic E-state index is 12.3. The van der Waals surface area contributed by atoms with Gasteiger partial charge in [-0.05, 0) is 18.2 Å². The molecule has 0 amide bonds. The molecule has 0 spiro atoms. The van der Waals surface area contributed by atoms with Crippen LogP contribution in [0.2, 0.25) is 0 Å². The lowest BCUT2D eigenvalue weighted by molar-refractivity contribution is -0.135. The summed E-state index contributed by atoms with van der Waals surface area (Å²) in [6.45, 7) is 0. The van der Waals surface area contributed by atoms with Gasteiger partial charge in [0.1, 0.15) is 17.2 Å². The minimum Gasteiger partial charge on any atom is -0.497 e. The Morgan fingerprint density at radius 2 is 1.62 bits per heavy atom. The smallest absolute Gasteiger partial charge is 0.342 e. The molecule has 0 saturated heterocycles. The third-order valence-corrected chi connectivity index (χ3v) is 3.70. The SMILES string of the molecule is COc1cc(OC)cc(C2=N[C@@H](c3ccccc3OC)C(=O)O2)c1. The van der Waals surface area contributed by atoms with Gasteiger partial charge in [-0.15, -0.1) is 0 Å². The van der Waals surface area contributed by atoms with Crippen LogP contribution in [0, 0.1) is 0 Å². The molecule has 0 N–H and O–H groups in total. The van der Waals surface area contributed by atoms with Crippen LogP contribution in [0.3, 0.4) is 0 Å². The molecular formula is C18H17NO5. The van der Waals surface area contributed by atoms with Gasteiger partial charge in [-0.2, -0.15) is 0 Å². The summed E-state index contributed by atoms with van der Waals surface area (Å²) in [5.41, 5.74) is 1.27. The van der Waals surface area contributed by atoms with E-state index in [1.54, 1.807) is 51.7 Å². The third kappa shape index (κ3) is 2.90. The van der Waals surface area contributed by atoms with Gasteiger partial charge in [0.15, 0.2) is 6.04 Å². The summed E-state index contributed by atoms with van der Waals surface area (Å²) < 4.78 is 21.1. The van der Waals surface area contributed by atoms with Crippen LogP contribution in [0.25, 0.3) is 0 Å². The summed E-state index contributed by atoms with van der Waals surface area (Å²) in [7, 11) is 4.66. The highest BCUT2D eigenvalue weighted by Crippen LogP contribution is 2.33. The number of hydrogen-bond acceptors (Lipinski definition) is 6. The van der Waals surface area contributed by atoms with Crippen LogP contribution in [0.15, 0.2) is 47.5 Å². The standard InChI is InChI=1S/C18H17NO5/c1-21-12-8-11(9-13(10-12)22-2)17-19-16(18(20)24-17)14-6-4-5-7-15(14)23-3/h4-10,16H,1-3H3/t16-/m0/s1. The van der Waals surface area contributed by atoms with Crippen LogP contribution in [0.5, 0.6) is 17.2 Å². The number of rotatable bonds is 5. The number of carbonyl (C=O) groups excluding carboxylic acids is 1. The molecule has 6 heteroatoms. The first-order valence-electron chi connectivity index (χ1n) is 7.32. The lowest BCUT2D eigenvalue weighted by Crippen LogP contribution is -2.10. The average Bonchev–Trinajstić information content (AvgIpc) is 3.02. The van der Waals surface area contributed by atoms with E-state index in [2.05, 4.69) is 4.99 Å². The normalized spacial score (nSPS) is 16.4. The van der Waals surface area contributed by atoms with E-state index in [-0.39, 0.29) is 5.90 Å². The highest BCUT2D eigenvalue weighted by molar-refractivity contribution is 6.07. The second-order valence-electron chi connectivity index (χ2n) is 5.10. The molecule has 124 valence electrons. The maximum absolute atomic E-state index is 12.3. The predicted octanol–water partition coefficient (Wildman–Crippen LogP) is 2.76. The van der Waals surface area contributed by atoms with Gasteiger partial charge in [0.05, 0.1) is 21.3 Å². The zero-order valence-electron chi connectivity index (χ0n) is 13.6. The minimum atomic E-state index is -0.756. The molecule has 0 radical (unpaired) electrons. The third-order valence-electron chi connectivity index (χ3n) is 3.70. The van der Waals surface area contributed by atoms with E-state index in [0.717, 1.165) is 0 Å². The van der Waals surface area contributed by atoms with Gasteiger partial charge < -0.3 is 18.9 Å². The van der Waals surface area contributed by atoms with Crippen LogP contribution < -0.4 is 14.2 Å². The van der Waals surface area contributed by atoms with Crippen LogP contribution in [0.4, 0.5) is 0 Å². The molecule has 1 aliphatic heterocycles. The Kier molecular flexibility index (Phi) is 4.37. The van der Waals surface area contributed by atoms with Gasteiger partial charge in [0.25, 0.3) is 0 Å². The van der Waals surface area contributed by atoms with E-state index in [0.29, 0.717) is 28.4 Å². The lowest BCUT2D eigenvalue weighted by atomic mass is 10.1. The van der Waals surface area contributed by atoms with E-state index in [4.69, 9.17) is 18.9 Å². The van der Waals surface area contributed by atoms with Crippen molar-refractivity contribution in [1.29, 1.82) is 0 Å². The Hall–Kier alpha value is -3.02. The molecule has 0 aliphatic carbocycles. The van der Waals surface area contributed by atoms with Crippen molar-refractivity contribution >= 4 is 11.9 Å². The van der Waals surface area contributed by atoms with E-state index < -0.39 is 12.0 Å². The number of ether oxygens (including phenoxy) is 4. The van der Waals surface area contributed by atoms with Crippen molar-refractivity contribution in [3.63, 3.8) is 0 Å². The van der Waals surface area contributed by atoms with Crippen LogP contribution in [0.1, 0.15) is 17.2 Å². The monoisotopic (exact) mass is 327 g/mol. The summed E-state index contributed by atoms with van der Waals surface area (Å²) in [5.74, 6) is 1.55. The number of para-hydroxylation sites is 1. The first kappa shape index (κ1) is 15.9. The Labute approximate surface area is 139 Å². The largest absolute Gasteiger partial charge is 0.497 e. The Bertz CT molecular complexity index is 777. The zero-order valence-corrected chi connectivity index (χ0v) is 13.6. The molecule has 6 nitrogen and oxygen atoms in total. The minimum absolute atomic E-state index is 0.230. The summed E-state index contributed by atoms with van der Waals surface area (Å²) in [4.78, 5) is 16.7. The summed E-state index contributed by atoms with van der Waals surface area (Å²) in [6.07, 6.45) is 0. The number of methoxy groups -OCH3 is 3. The van der Waals surface area contributed by atoms with Crippen molar-refractivity contribution in [1.82, 2.24) is 0 Å². The van der Waals surface area contributed by atoms with Crippen molar-refractivity contribution in [2.24, 2.45) is 4.99 Å². The molecule has 1 aliphatic rings. The second kappa shape index (κ2) is 6.62. The summed E-state index contributed by atoms with van der Waals surface area (Å²) >= 11 is 0. The number of carbonyl (C=O) groups is 1. The molecule has 0 saturated carbocycles. The highest BCUT2D eigenvalue weighted by atomic mass is 16.6. The predicted molar refractivity (Wildman–Crippen MR) is 87.9 cm³/mol. The Morgan fingerprint density at radius 1 is 0.958 bits per heavy atom. The second-order valence-corrected chi connectivity index (χ2v) is 5.10. The van der Waals surface area contributed by atoms with Gasteiger partial charge in [0.2, 0.25) is 5.90 Å². The lowest BCUT2D eigenvalue weighted by Gasteiger charge is -2.09. The maximum Gasteiger partial charge on any atom is 0.342 e. The van der Waals surface area contributed by atoms with Crippen LogP contribution in [-0.2, 0) is 9.53 Å². The van der Waals surface area contributed by atoms with E-state index in [1.165, 1.54) is 0 Å². The molecule has 0 unspecified atom stereocenters. The first-order chi connectivity index (χ1) is 11.7. The van der Waals surface area contributed by atoms with Gasteiger partial charge in [0, 0.05) is 17.2 Å². The molecule has 1 atom stereocenters.